The minimum atomic E-state index is -3.74. The second-order valence-electron chi connectivity index (χ2n) is 13.0. The van der Waals surface area contributed by atoms with Gasteiger partial charge in [-0.1, -0.05) is 18.2 Å². The second-order valence-corrected chi connectivity index (χ2v) is 16.0. The standard InChI is InChI=1S/C35H41BrN9O6P/c1-35(2,3)51-34(46)45-14-12-44(13-15-45)29-17-30(48-5)27(16-24(29)22-18-39-43(4)21-22)41-33-38-19-25(36)32(42-33)40-28-20-37-26-11-9-8-10-23(26)31(28)52(47,49-6)50-7/h8-11,16-21H,12-15H2,1-7H3,(H2,38,40,41,42). The molecule has 0 saturated carbocycles. The molecule has 0 spiro atoms. The highest BCUT2D eigenvalue weighted by molar-refractivity contribution is 9.10. The number of amides is 1. The lowest BCUT2D eigenvalue weighted by molar-refractivity contribution is 0.0240. The van der Waals surface area contributed by atoms with Crippen molar-refractivity contribution in [3.05, 3.63) is 65.7 Å². The van der Waals surface area contributed by atoms with E-state index in [0.29, 0.717) is 69.8 Å². The molecule has 2 aromatic carbocycles. The zero-order chi connectivity index (χ0) is 37.2. The maximum atomic E-state index is 13.8. The molecule has 15 nitrogen and oxygen atoms in total. The van der Waals surface area contributed by atoms with E-state index < -0.39 is 13.2 Å². The number of piperazine rings is 1. The maximum absolute atomic E-state index is 13.8. The van der Waals surface area contributed by atoms with Crippen molar-refractivity contribution in [1.82, 2.24) is 29.6 Å². The van der Waals surface area contributed by atoms with Crippen LogP contribution in [0, 0.1) is 0 Å². The lowest BCUT2D eigenvalue weighted by atomic mass is 10.0. The van der Waals surface area contributed by atoms with Gasteiger partial charge in [0.2, 0.25) is 5.95 Å². The lowest BCUT2D eigenvalue weighted by Crippen LogP contribution is -2.50. The molecule has 1 fully saturated rings. The Morgan fingerprint density at radius 3 is 2.33 bits per heavy atom. The molecular weight excluding hydrogens is 753 g/mol. The molecule has 3 aromatic heterocycles. The molecule has 17 heteroatoms. The number of methoxy groups -OCH3 is 1. The number of aromatic nitrogens is 5. The first-order valence-corrected chi connectivity index (χ1v) is 18.8. The number of hydrogen-bond acceptors (Lipinski definition) is 13. The van der Waals surface area contributed by atoms with Crippen molar-refractivity contribution in [3.63, 3.8) is 0 Å². The normalized spacial score (nSPS) is 13.7. The third kappa shape index (κ3) is 7.84. The van der Waals surface area contributed by atoms with Crippen LogP contribution in [0.2, 0.25) is 0 Å². The van der Waals surface area contributed by atoms with Gasteiger partial charge in [-0.15, -0.1) is 0 Å². The van der Waals surface area contributed by atoms with E-state index in [0.717, 1.165) is 16.8 Å². The van der Waals surface area contributed by atoms with Gasteiger partial charge in [-0.25, -0.2) is 9.78 Å². The number of rotatable bonds is 10. The predicted molar refractivity (Wildman–Crippen MR) is 205 cm³/mol. The molecular formula is C35H41BrN9O6P. The summed E-state index contributed by atoms with van der Waals surface area (Å²) in [6.07, 6.45) is 6.60. The second kappa shape index (κ2) is 15.1. The molecule has 5 aromatic rings. The van der Waals surface area contributed by atoms with Crippen LogP contribution in [0.3, 0.4) is 0 Å². The van der Waals surface area contributed by atoms with E-state index in [9.17, 15) is 9.36 Å². The van der Waals surface area contributed by atoms with Crippen LogP contribution < -0.4 is 25.6 Å². The van der Waals surface area contributed by atoms with Crippen LogP contribution in [-0.2, 0) is 25.4 Å². The number of benzene rings is 2. The quantitative estimate of drug-likeness (QED) is 0.142. The highest BCUT2D eigenvalue weighted by Gasteiger charge is 2.32. The maximum Gasteiger partial charge on any atom is 0.410 e. The topological polar surface area (TPSA) is 158 Å². The third-order valence-corrected chi connectivity index (χ3v) is 10.9. The zero-order valence-corrected chi connectivity index (χ0v) is 32.5. The molecule has 0 radical (unpaired) electrons. The first kappa shape index (κ1) is 37.0. The number of para-hydroxylation sites is 1. The summed E-state index contributed by atoms with van der Waals surface area (Å²) in [4.78, 5) is 30.5. The Morgan fingerprint density at radius 2 is 1.67 bits per heavy atom. The van der Waals surface area contributed by atoms with Gasteiger partial charge in [0.1, 0.15) is 17.2 Å². The van der Waals surface area contributed by atoms with Gasteiger partial charge in [0.25, 0.3) is 0 Å². The van der Waals surface area contributed by atoms with Crippen molar-refractivity contribution in [1.29, 1.82) is 0 Å². The lowest BCUT2D eigenvalue weighted by Gasteiger charge is -2.37. The Kier molecular flexibility index (Phi) is 10.7. The first-order chi connectivity index (χ1) is 24.8. The largest absolute Gasteiger partial charge is 0.494 e. The number of fused-ring (bicyclic) bond motifs is 1. The van der Waals surface area contributed by atoms with Crippen molar-refractivity contribution in [2.45, 2.75) is 26.4 Å². The number of ether oxygens (including phenoxy) is 2. The fraction of sp³-hybridized carbons (Fsp3) is 0.343. The molecule has 2 N–H and O–H groups in total. The van der Waals surface area contributed by atoms with Crippen LogP contribution in [0.15, 0.2) is 65.7 Å². The van der Waals surface area contributed by atoms with Gasteiger partial charge in [0.15, 0.2) is 0 Å². The predicted octanol–water partition coefficient (Wildman–Crippen LogP) is 6.85. The summed E-state index contributed by atoms with van der Waals surface area (Å²) in [7, 11) is 2.41. The van der Waals surface area contributed by atoms with Crippen molar-refractivity contribution < 1.29 is 27.9 Å². The molecule has 1 aliphatic heterocycles. The Hall–Kier alpha value is -4.76. The highest BCUT2D eigenvalue weighted by atomic mass is 79.9. The third-order valence-electron chi connectivity index (χ3n) is 8.35. The Balaban J connectivity index is 1.33. The number of nitrogens with zero attached hydrogens (tertiary/aromatic N) is 7. The number of nitrogens with one attached hydrogen (secondary N) is 2. The summed E-state index contributed by atoms with van der Waals surface area (Å²) in [6, 6.07) is 11.3. The van der Waals surface area contributed by atoms with E-state index >= 15 is 0 Å². The average Bonchev–Trinajstić information content (AvgIpc) is 3.57. The smallest absolute Gasteiger partial charge is 0.410 e. The number of carbonyl (C=O) groups excluding carboxylic acids is 1. The molecule has 0 bridgehead atoms. The summed E-state index contributed by atoms with van der Waals surface area (Å²) in [5, 5.41) is 11.9. The van der Waals surface area contributed by atoms with Crippen LogP contribution in [0.5, 0.6) is 5.75 Å². The fourth-order valence-corrected chi connectivity index (χ4v) is 7.58. The van der Waals surface area contributed by atoms with Crippen molar-refractivity contribution >= 4 is 74.7 Å². The molecule has 52 heavy (non-hydrogen) atoms. The number of aryl methyl sites for hydroxylation is 1. The Morgan fingerprint density at radius 1 is 0.942 bits per heavy atom. The molecule has 1 aliphatic rings. The number of pyridine rings is 1. The van der Waals surface area contributed by atoms with Gasteiger partial charge in [-0.2, -0.15) is 10.1 Å². The van der Waals surface area contributed by atoms with Crippen LogP contribution in [0.4, 0.5) is 33.6 Å². The molecule has 0 atom stereocenters. The number of halogens is 1. The minimum Gasteiger partial charge on any atom is -0.494 e. The van der Waals surface area contributed by atoms with Crippen molar-refractivity contribution in [2.24, 2.45) is 7.05 Å². The number of anilines is 5. The van der Waals surface area contributed by atoms with Crippen LogP contribution in [-0.4, -0.2) is 88.8 Å². The summed E-state index contributed by atoms with van der Waals surface area (Å²) >= 11 is 3.55. The fourth-order valence-electron chi connectivity index (χ4n) is 5.88. The van der Waals surface area contributed by atoms with Gasteiger partial charge in [0.05, 0.1) is 46.2 Å². The van der Waals surface area contributed by atoms with Gasteiger partial charge in [-0.3, -0.25) is 14.2 Å². The summed E-state index contributed by atoms with van der Waals surface area (Å²) in [5.74, 6) is 1.19. The first-order valence-electron chi connectivity index (χ1n) is 16.4. The number of carbonyl (C=O) groups is 1. The Labute approximate surface area is 310 Å². The highest BCUT2D eigenvalue weighted by Crippen LogP contribution is 2.49. The summed E-state index contributed by atoms with van der Waals surface area (Å²) in [6.45, 7) is 7.79. The van der Waals surface area contributed by atoms with E-state index in [2.05, 4.69) is 46.5 Å². The molecule has 1 amide bonds. The van der Waals surface area contributed by atoms with Crippen molar-refractivity contribution in [3.8, 4) is 16.9 Å². The molecule has 0 aliphatic carbocycles. The monoisotopic (exact) mass is 793 g/mol. The molecule has 0 unspecified atom stereocenters. The van der Waals surface area contributed by atoms with Gasteiger partial charge in [0, 0.05) is 88.1 Å². The molecule has 6 rings (SSSR count). The molecule has 4 heterocycles. The van der Waals surface area contributed by atoms with Crippen LogP contribution in [0.25, 0.3) is 22.0 Å². The zero-order valence-electron chi connectivity index (χ0n) is 30.0. The summed E-state index contributed by atoms with van der Waals surface area (Å²) < 4.78 is 38.4. The Bertz CT molecular complexity index is 2140. The summed E-state index contributed by atoms with van der Waals surface area (Å²) in [5.41, 5.74) is 3.79. The van der Waals surface area contributed by atoms with E-state index in [1.807, 2.05) is 70.4 Å². The van der Waals surface area contributed by atoms with Crippen molar-refractivity contribution in [2.75, 3.05) is 63.0 Å². The van der Waals surface area contributed by atoms with Crippen LogP contribution in [0.1, 0.15) is 20.8 Å². The molecule has 1 saturated heterocycles. The van der Waals surface area contributed by atoms with Gasteiger partial charge in [-0.05, 0) is 48.8 Å². The minimum absolute atomic E-state index is 0.261. The average molecular weight is 795 g/mol. The van der Waals surface area contributed by atoms with E-state index in [-0.39, 0.29) is 12.0 Å². The number of hydrogen-bond donors (Lipinski definition) is 2. The van der Waals surface area contributed by atoms with Gasteiger partial charge < -0.3 is 39.0 Å². The van der Waals surface area contributed by atoms with Crippen LogP contribution >= 0.6 is 23.5 Å². The van der Waals surface area contributed by atoms with E-state index in [1.165, 1.54) is 14.2 Å². The van der Waals surface area contributed by atoms with E-state index in [4.69, 9.17) is 23.5 Å². The molecule has 274 valence electrons. The van der Waals surface area contributed by atoms with Gasteiger partial charge >= 0.3 is 13.7 Å². The van der Waals surface area contributed by atoms with E-state index in [1.54, 1.807) is 35.3 Å². The SMILES string of the molecule is COc1cc(N2CCN(C(=O)OC(C)(C)C)CC2)c(-c2cnn(C)c2)cc1Nc1ncc(Br)c(Nc2cnc3ccccc3c2P(=O)(OC)OC)n1.